The van der Waals surface area contributed by atoms with Gasteiger partial charge in [0.25, 0.3) is 5.56 Å². The van der Waals surface area contributed by atoms with Crippen LogP contribution < -0.4 is 5.56 Å². The number of nitrogens with zero attached hydrogens (tertiary/aromatic N) is 5. The van der Waals surface area contributed by atoms with Crippen molar-refractivity contribution in [2.75, 3.05) is 14.1 Å². The van der Waals surface area contributed by atoms with E-state index in [0.717, 1.165) is 53.8 Å². The van der Waals surface area contributed by atoms with Crippen LogP contribution in [0.1, 0.15) is 48.9 Å². The minimum Gasteiger partial charge on any atom is -0.326 e. The quantitative estimate of drug-likeness (QED) is 0.377. The van der Waals surface area contributed by atoms with Gasteiger partial charge in [0, 0.05) is 25.5 Å². The van der Waals surface area contributed by atoms with E-state index < -0.39 is 10.0 Å². The predicted octanol–water partition coefficient (Wildman–Crippen LogP) is 3.79. The van der Waals surface area contributed by atoms with E-state index in [9.17, 15) is 13.2 Å². The fourth-order valence-corrected chi connectivity index (χ4v) is 6.89. The average molecular weight is 500 g/mol. The molecule has 1 aliphatic rings. The number of benzene rings is 1. The fraction of sp³-hybridized carbons (Fsp3) is 0.458. The van der Waals surface area contributed by atoms with Crippen molar-refractivity contribution in [2.24, 2.45) is 0 Å². The first-order valence-corrected chi connectivity index (χ1v) is 14.0. The van der Waals surface area contributed by atoms with E-state index >= 15 is 0 Å². The van der Waals surface area contributed by atoms with Gasteiger partial charge in [-0.05, 0) is 55.9 Å². The molecule has 5 rings (SSSR count). The second-order valence-electron chi connectivity index (χ2n) is 9.04. The third kappa shape index (κ3) is 3.87. The normalized spacial score (nSPS) is 14.7. The summed E-state index contributed by atoms with van der Waals surface area (Å²) in [6.07, 6.45) is 7.95. The van der Waals surface area contributed by atoms with Crippen molar-refractivity contribution in [1.29, 1.82) is 0 Å². The number of sulfonamides is 1. The lowest BCUT2D eigenvalue weighted by Crippen LogP contribution is -2.23. The van der Waals surface area contributed by atoms with Crippen molar-refractivity contribution in [2.45, 2.75) is 63.4 Å². The maximum Gasteiger partial charge on any atom is 0.262 e. The number of rotatable bonds is 6. The summed E-state index contributed by atoms with van der Waals surface area (Å²) in [5, 5.41) is 0.766. The van der Waals surface area contributed by atoms with Crippen LogP contribution >= 0.6 is 11.3 Å². The number of hydrogen-bond acceptors (Lipinski definition) is 6. The molecule has 3 aromatic heterocycles. The maximum atomic E-state index is 13.5. The highest BCUT2D eigenvalue weighted by molar-refractivity contribution is 7.89. The van der Waals surface area contributed by atoms with Crippen molar-refractivity contribution in [3.63, 3.8) is 0 Å². The molecule has 0 N–H and O–H groups in total. The van der Waals surface area contributed by atoms with Gasteiger partial charge in [-0.25, -0.2) is 22.7 Å². The number of fused-ring (bicyclic) bond motifs is 4. The minimum atomic E-state index is -3.56. The standard InChI is InChI=1S/C24H29N5O3S2/c1-4-12-29-19-11-10-16(34(31,32)27(2)3)13-18(19)26-21(29)14-28-15-25-23-22(24(28)30)17-8-6-5-7-9-20(17)33-23/h10-11,13,15H,4-9,12,14H2,1-3H3. The van der Waals surface area contributed by atoms with Gasteiger partial charge in [0.2, 0.25) is 10.0 Å². The van der Waals surface area contributed by atoms with E-state index in [4.69, 9.17) is 4.98 Å². The van der Waals surface area contributed by atoms with Gasteiger partial charge >= 0.3 is 0 Å². The molecule has 10 heteroatoms. The first-order chi connectivity index (χ1) is 16.3. The second kappa shape index (κ2) is 8.90. The first-order valence-electron chi connectivity index (χ1n) is 11.7. The molecular weight excluding hydrogens is 470 g/mol. The van der Waals surface area contributed by atoms with Crippen LogP contribution in [0.25, 0.3) is 21.3 Å². The smallest absolute Gasteiger partial charge is 0.262 e. The number of thiophene rings is 1. The molecule has 3 heterocycles. The van der Waals surface area contributed by atoms with Crippen molar-refractivity contribution in [1.82, 2.24) is 23.4 Å². The number of aryl methyl sites for hydroxylation is 3. The Labute approximate surface area is 202 Å². The Hall–Kier alpha value is -2.56. The zero-order valence-corrected chi connectivity index (χ0v) is 21.4. The Bertz CT molecular complexity index is 1550. The van der Waals surface area contributed by atoms with Crippen LogP contribution in [0.3, 0.4) is 0 Å². The zero-order chi connectivity index (χ0) is 24.0. The number of imidazole rings is 1. The van der Waals surface area contributed by atoms with Gasteiger partial charge in [-0.1, -0.05) is 13.3 Å². The average Bonchev–Trinajstić information content (AvgIpc) is 3.24. The van der Waals surface area contributed by atoms with Crippen LogP contribution in [-0.4, -0.2) is 45.9 Å². The molecular formula is C24H29N5O3S2. The SMILES string of the molecule is CCCn1c(Cn2cnc3sc4c(c3c2=O)CCCCC4)nc2cc(S(=O)(=O)N(C)C)ccc21. The lowest BCUT2D eigenvalue weighted by atomic mass is 10.1. The van der Waals surface area contributed by atoms with Crippen LogP contribution in [0, 0.1) is 0 Å². The van der Waals surface area contributed by atoms with Crippen molar-refractivity contribution in [3.05, 3.63) is 51.1 Å². The molecule has 0 fully saturated rings. The van der Waals surface area contributed by atoms with Gasteiger partial charge in [0.1, 0.15) is 10.7 Å². The highest BCUT2D eigenvalue weighted by atomic mass is 32.2. The van der Waals surface area contributed by atoms with Crippen molar-refractivity contribution < 1.29 is 8.42 Å². The van der Waals surface area contributed by atoms with Crippen LogP contribution in [-0.2, 0) is 36.0 Å². The molecule has 180 valence electrons. The Morgan fingerprint density at radius 2 is 1.94 bits per heavy atom. The van der Waals surface area contributed by atoms with Crippen molar-refractivity contribution >= 4 is 42.6 Å². The molecule has 34 heavy (non-hydrogen) atoms. The molecule has 0 saturated carbocycles. The zero-order valence-electron chi connectivity index (χ0n) is 19.7. The topological polar surface area (TPSA) is 90.1 Å². The van der Waals surface area contributed by atoms with Gasteiger partial charge in [-0.2, -0.15) is 0 Å². The molecule has 1 aromatic carbocycles. The molecule has 0 saturated heterocycles. The summed E-state index contributed by atoms with van der Waals surface area (Å²) < 4.78 is 30.1. The van der Waals surface area contributed by atoms with Crippen LogP contribution in [0.4, 0.5) is 0 Å². The maximum absolute atomic E-state index is 13.5. The largest absolute Gasteiger partial charge is 0.326 e. The monoisotopic (exact) mass is 499 g/mol. The van der Waals surface area contributed by atoms with E-state index in [2.05, 4.69) is 16.5 Å². The van der Waals surface area contributed by atoms with Crippen LogP contribution in [0.5, 0.6) is 0 Å². The third-order valence-corrected chi connectivity index (χ3v) is 9.54. The summed E-state index contributed by atoms with van der Waals surface area (Å²) in [5.74, 6) is 0.723. The van der Waals surface area contributed by atoms with E-state index in [1.54, 1.807) is 40.4 Å². The van der Waals surface area contributed by atoms with E-state index in [0.29, 0.717) is 5.52 Å². The molecule has 0 aliphatic heterocycles. The lowest BCUT2D eigenvalue weighted by molar-refractivity contribution is 0.521. The highest BCUT2D eigenvalue weighted by Gasteiger charge is 2.22. The van der Waals surface area contributed by atoms with E-state index in [1.165, 1.54) is 41.7 Å². The Balaban J connectivity index is 1.60. The molecule has 0 bridgehead atoms. The summed E-state index contributed by atoms with van der Waals surface area (Å²) in [6.45, 7) is 3.10. The lowest BCUT2D eigenvalue weighted by Gasteiger charge is -2.11. The van der Waals surface area contributed by atoms with Crippen LogP contribution in [0.15, 0.2) is 34.2 Å². The van der Waals surface area contributed by atoms with Crippen LogP contribution in [0.2, 0.25) is 0 Å². The molecule has 0 atom stereocenters. The van der Waals surface area contributed by atoms with Gasteiger partial charge in [-0.15, -0.1) is 11.3 Å². The fourth-order valence-electron chi connectivity index (χ4n) is 4.75. The number of aromatic nitrogens is 4. The van der Waals surface area contributed by atoms with Crippen molar-refractivity contribution in [3.8, 4) is 0 Å². The molecule has 0 spiro atoms. The Morgan fingerprint density at radius 1 is 1.15 bits per heavy atom. The second-order valence-corrected chi connectivity index (χ2v) is 12.3. The summed E-state index contributed by atoms with van der Waals surface area (Å²) in [6, 6.07) is 5.04. The summed E-state index contributed by atoms with van der Waals surface area (Å²) in [5.41, 5.74) is 2.64. The van der Waals surface area contributed by atoms with Gasteiger partial charge in [0.05, 0.1) is 34.2 Å². The number of hydrogen-bond donors (Lipinski definition) is 0. The molecule has 1 aliphatic carbocycles. The summed E-state index contributed by atoms with van der Waals surface area (Å²) in [4.78, 5) is 25.3. The van der Waals surface area contributed by atoms with Gasteiger partial charge in [-0.3, -0.25) is 9.36 Å². The molecule has 8 nitrogen and oxygen atoms in total. The molecule has 0 radical (unpaired) electrons. The van der Waals surface area contributed by atoms with E-state index in [-0.39, 0.29) is 17.0 Å². The first kappa shape index (κ1) is 23.2. The summed E-state index contributed by atoms with van der Waals surface area (Å²) >= 11 is 1.66. The predicted molar refractivity (Wildman–Crippen MR) is 135 cm³/mol. The van der Waals surface area contributed by atoms with Gasteiger partial charge in [0.15, 0.2) is 0 Å². The molecule has 4 aromatic rings. The Kier molecular flexibility index (Phi) is 6.07. The Morgan fingerprint density at radius 3 is 2.71 bits per heavy atom. The molecule has 0 unspecified atom stereocenters. The third-order valence-electron chi connectivity index (χ3n) is 6.53. The van der Waals surface area contributed by atoms with E-state index in [1.807, 2.05) is 0 Å². The molecule has 0 amide bonds. The minimum absolute atomic E-state index is 0.0182. The highest BCUT2D eigenvalue weighted by Crippen LogP contribution is 2.32. The summed E-state index contributed by atoms with van der Waals surface area (Å²) in [7, 11) is -0.529. The van der Waals surface area contributed by atoms with Gasteiger partial charge < -0.3 is 4.57 Å².